The van der Waals surface area contributed by atoms with Crippen molar-refractivity contribution in [1.29, 1.82) is 0 Å². The highest BCUT2D eigenvalue weighted by atomic mass is 35.5. The highest BCUT2D eigenvalue weighted by Crippen LogP contribution is 2.25. The quantitative estimate of drug-likeness (QED) is 0.840. The van der Waals surface area contributed by atoms with Crippen LogP contribution in [0.4, 0.5) is 5.69 Å². The molecule has 7 heteroatoms. The summed E-state index contributed by atoms with van der Waals surface area (Å²) in [5.41, 5.74) is 0.721. The standard InChI is InChI=1S/C9H7Cl2N3OS/c10-5-1-2-6(11)7(3-5)12-4-8-13-14-9(16)15-8/h1-3,12H,4H2,(H,14,16). The number of H-pyrrole nitrogens is 1. The van der Waals surface area contributed by atoms with Crippen molar-refractivity contribution in [2.24, 2.45) is 0 Å². The molecule has 0 aliphatic carbocycles. The van der Waals surface area contributed by atoms with Gasteiger partial charge in [-0.1, -0.05) is 23.2 Å². The first-order chi connectivity index (χ1) is 7.65. The Morgan fingerprint density at radius 2 is 2.25 bits per heavy atom. The molecule has 4 nitrogen and oxygen atoms in total. The van der Waals surface area contributed by atoms with Crippen LogP contribution in [0.5, 0.6) is 0 Å². The Bertz CT molecular complexity index is 552. The van der Waals surface area contributed by atoms with Crippen LogP contribution in [0.25, 0.3) is 0 Å². The van der Waals surface area contributed by atoms with E-state index < -0.39 is 0 Å². The van der Waals surface area contributed by atoms with Gasteiger partial charge in [0.15, 0.2) is 0 Å². The Kier molecular flexibility index (Phi) is 3.48. The summed E-state index contributed by atoms with van der Waals surface area (Å²) in [4.78, 5) is 0.244. The van der Waals surface area contributed by atoms with Crippen LogP contribution in [0.15, 0.2) is 22.6 Å². The Morgan fingerprint density at radius 3 is 2.94 bits per heavy atom. The molecule has 0 radical (unpaired) electrons. The van der Waals surface area contributed by atoms with Crippen molar-refractivity contribution in [3.63, 3.8) is 0 Å². The number of rotatable bonds is 3. The molecular weight excluding hydrogens is 269 g/mol. The summed E-state index contributed by atoms with van der Waals surface area (Å²) in [7, 11) is 0. The van der Waals surface area contributed by atoms with Crippen LogP contribution in [0, 0.1) is 4.84 Å². The lowest BCUT2D eigenvalue weighted by molar-refractivity contribution is 0.489. The maximum absolute atomic E-state index is 5.97. The number of halogens is 2. The van der Waals surface area contributed by atoms with Gasteiger partial charge in [-0.2, -0.15) is 0 Å². The zero-order valence-electron chi connectivity index (χ0n) is 7.96. The normalized spacial score (nSPS) is 10.4. The van der Waals surface area contributed by atoms with Crippen molar-refractivity contribution < 1.29 is 4.42 Å². The third-order valence-electron chi connectivity index (χ3n) is 1.84. The van der Waals surface area contributed by atoms with Crippen LogP contribution in [0.2, 0.25) is 10.0 Å². The summed E-state index contributed by atoms with van der Waals surface area (Å²) in [6.07, 6.45) is 0. The van der Waals surface area contributed by atoms with Gasteiger partial charge in [-0.15, -0.1) is 5.10 Å². The molecule has 0 fully saturated rings. The maximum atomic E-state index is 5.97. The van der Waals surface area contributed by atoms with E-state index in [2.05, 4.69) is 15.5 Å². The first-order valence-electron chi connectivity index (χ1n) is 4.38. The van der Waals surface area contributed by atoms with E-state index in [1.807, 2.05) is 0 Å². The van der Waals surface area contributed by atoms with E-state index in [9.17, 15) is 0 Å². The van der Waals surface area contributed by atoms with Crippen molar-refractivity contribution in [2.45, 2.75) is 6.54 Å². The second-order valence-corrected chi connectivity index (χ2v) is 4.20. The number of hydrogen-bond donors (Lipinski definition) is 2. The summed E-state index contributed by atoms with van der Waals surface area (Å²) in [5.74, 6) is 0.459. The molecule has 16 heavy (non-hydrogen) atoms. The molecule has 0 atom stereocenters. The van der Waals surface area contributed by atoms with Crippen molar-refractivity contribution in [2.75, 3.05) is 5.32 Å². The monoisotopic (exact) mass is 275 g/mol. The van der Waals surface area contributed by atoms with Gasteiger partial charge < -0.3 is 9.73 Å². The van der Waals surface area contributed by atoms with Gasteiger partial charge in [-0.05, 0) is 30.4 Å². The Balaban J connectivity index is 2.10. The fraction of sp³-hybridized carbons (Fsp3) is 0.111. The third-order valence-corrected chi connectivity index (χ3v) is 2.58. The number of aromatic nitrogens is 2. The summed E-state index contributed by atoms with van der Waals surface area (Å²) in [5, 5.41) is 10.6. The molecule has 0 saturated heterocycles. The molecule has 0 bridgehead atoms. The third kappa shape index (κ3) is 2.75. The van der Waals surface area contributed by atoms with Crippen molar-refractivity contribution >= 4 is 41.1 Å². The molecule has 0 saturated carbocycles. The minimum absolute atomic E-state index is 0.244. The van der Waals surface area contributed by atoms with E-state index in [1.165, 1.54) is 0 Å². The predicted octanol–water partition coefficient (Wildman–Crippen LogP) is 3.65. The summed E-state index contributed by atoms with van der Waals surface area (Å²) < 4.78 is 5.08. The minimum atomic E-state index is 0.244. The van der Waals surface area contributed by atoms with Gasteiger partial charge in [-0.3, -0.25) is 0 Å². The van der Waals surface area contributed by atoms with Crippen molar-refractivity contribution in [3.05, 3.63) is 39.0 Å². The molecule has 0 aliphatic rings. The zero-order chi connectivity index (χ0) is 11.5. The van der Waals surface area contributed by atoms with Gasteiger partial charge in [0.25, 0.3) is 4.84 Å². The van der Waals surface area contributed by atoms with E-state index in [4.69, 9.17) is 39.8 Å². The molecule has 1 aromatic carbocycles. The fourth-order valence-electron chi connectivity index (χ4n) is 1.14. The van der Waals surface area contributed by atoms with Crippen molar-refractivity contribution in [1.82, 2.24) is 10.2 Å². The topological polar surface area (TPSA) is 53.9 Å². The number of nitrogens with zero attached hydrogens (tertiary/aromatic N) is 1. The summed E-state index contributed by atoms with van der Waals surface area (Å²) >= 11 is 16.6. The van der Waals surface area contributed by atoms with Gasteiger partial charge in [-0.25, -0.2) is 5.10 Å². The highest BCUT2D eigenvalue weighted by molar-refractivity contribution is 7.71. The molecule has 84 valence electrons. The lowest BCUT2D eigenvalue weighted by atomic mass is 10.3. The molecule has 2 N–H and O–H groups in total. The molecule has 1 heterocycles. The first-order valence-corrected chi connectivity index (χ1v) is 5.55. The molecule has 0 unspecified atom stereocenters. The van der Waals surface area contributed by atoms with E-state index in [-0.39, 0.29) is 4.84 Å². The average molecular weight is 276 g/mol. The summed E-state index contributed by atoms with van der Waals surface area (Å²) in [6.45, 7) is 0.382. The lowest BCUT2D eigenvalue weighted by Crippen LogP contribution is -2.00. The van der Waals surface area contributed by atoms with Crippen LogP contribution in [0.1, 0.15) is 5.89 Å². The minimum Gasteiger partial charge on any atom is -0.412 e. The van der Waals surface area contributed by atoms with Crippen LogP contribution < -0.4 is 5.32 Å². The molecular formula is C9H7Cl2N3OS. The van der Waals surface area contributed by atoms with Gasteiger partial charge in [0.2, 0.25) is 5.89 Å². The lowest BCUT2D eigenvalue weighted by Gasteiger charge is -2.05. The van der Waals surface area contributed by atoms with Crippen LogP contribution in [0.3, 0.4) is 0 Å². The SMILES string of the molecule is S=c1[nH]nc(CNc2cc(Cl)ccc2Cl)o1. The van der Waals surface area contributed by atoms with Gasteiger partial charge in [0.05, 0.1) is 17.3 Å². The van der Waals surface area contributed by atoms with Gasteiger partial charge >= 0.3 is 0 Å². The Hall–Kier alpha value is -1.04. The highest BCUT2D eigenvalue weighted by Gasteiger charge is 2.03. The largest absolute Gasteiger partial charge is 0.412 e. The zero-order valence-corrected chi connectivity index (χ0v) is 10.3. The van der Waals surface area contributed by atoms with E-state index >= 15 is 0 Å². The molecule has 0 amide bonds. The number of nitrogens with one attached hydrogen (secondary N) is 2. The van der Waals surface area contributed by atoms with Gasteiger partial charge in [0, 0.05) is 5.02 Å². The molecule has 0 aliphatic heterocycles. The first kappa shape index (κ1) is 11.4. The van der Waals surface area contributed by atoms with E-state index in [1.54, 1.807) is 18.2 Å². The van der Waals surface area contributed by atoms with Crippen LogP contribution in [-0.2, 0) is 6.54 Å². The predicted molar refractivity (Wildman–Crippen MR) is 65.5 cm³/mol. The fourth-order valence-corrected chi connectivity index (χ4v) is 1.64. The van der Waals surface area contributed by atoms with E-state index in [0.29, 0.717) is 22.5 Å². The van der Waals surface area contributed by atoms with E-state index in [0.717, 1.165) is 5.69 Å². The maximum Gasteiger partial charge on any atom is 0.284 e. The molecule has 2 aromatic rings. The van der Waals surface area contributed by atoms with Gasteiger partial charge in [0.1, 0.15) is 0 Å². The number of aromatic amines is 1. The summed E-state index contributed by atoms with van der Waals surface area (Å²) in [6, 6.07) is 5.16. The average Bonchev–Trinajstić information content (AvgIpc) is 2.66. The molecule has 1 aromatic heterocycles. The number of benzene rings is 1. The Labute approximate surface area is 107 Å². The second kappa shape index (κ2) is 4.86. The second-order valence-electron chi connectivity index (χ2n) is 2.98. The molecule has 2 rings (SSSR count). The smallest absolute Gasteiger partial charge is 0.284 e. The number of anilines is 1. The number of hydrogen-bond acceptors (Lipinski definition) is 4. The Morgan fingerprint density at radius 1 is 1.44 bits per heavy atom. The van der Waals surface area contributed by atoms with Crippen LogP contribution in [-0.4, -0.2) is 10.2 Å². The van der Waals surface area contributed by atoms with Crippen molar-refractivity contribution in [3.8, 4) is 0 Å². The molecule has 0 spiro atoms. The van der Waals surface area contributed by atoms with Crippen LogP contribution >= 0.6 is 35.4 Å².